The van der Waals surface area contributed by atoms with E-state index in [-0.39, 0.29) is 5.56 Å². The zero-order chi connectivity index (χ0) is 13.7. The second-order valence-corrected chi connectivity index (χ2v) is 5.15. The van der Waals surface area contributed by atoms with E-state index in [1.807, 2.05) is 22.6 Å². The van der Waals surface area contributed by atoms with Crippen molar-refractivity contribution in [1.29, 1.82) is 0 Å². The highest BCUT2D eigenvalue weighted by Crippen LogP contribution is 2.36. The third kappa shape index (κ3) is 2.17. The molecule has 1 aromatic heterocycles. The Morgan fingerprint density at radius 2 is 1.67 bits per heavy atom. The van der Waals surface area contributed by atoms with Gasteiger partial charge in [-0.1, -0.05) is 0 Å². The van der Waals surface area contributed by atoms with Crippen molar-refractivity contribution in [1.82, 2.24) is 9.97 Å². The van der Waals surface area contributed by atoms with E-state index in [4.69, 9.17) is 0 Å². The molecule has 0 aliphatic heterocycles. The molecule has 0 aliphatic rings. The van der Waals surface area contributed by atoms with Crippen molar-refractivity contribution >= 4 is 33.5 Å². The van der Waals surface area contributed by atoms with E-state index in [0.29, 0.717) is 26.0 Å². The fraction of sp³-hybridized carbons (Fsp3) is 0.333. The van der Waals surface area contributed by atoms with Crippen molar-refractivity contribution in [3.8, 4) is 0 Å². The molecule has 0 saturated heterocycles. The summed E-state index contributed by atoms with van der Waals surface area (Å²) in [6.45, 7) is 4.87. The van der Waals surface area contributed by atoms with Gasteiger partial charge in [0, 0.05) is 5.39 Å². The van der Waals surface area contributed by atoms with Gasteiger partial charge < -0.3 is 0 Å². The van der Waals surface area contributed by atoms with Crippen molar-refractivity contribution in [2.45, 2.75) is 26.9 Å². The van der Waals surface area contributed by atoms with Crippen LogP contribution in [0.25, 0.3) is 10.9 Å². The summed E-state index contributed by atoms with van der Waals surface area (Å²) in [5, 5.41) is 0.455. The molecule has 6 heteroatoms. The van der Waals surface area contributed by atoms with Crippen LogP contribution in [-0.4, -0.2) is 9.97 Å². The van der Waals surface area contributed by atoms with E-state index in [1.54, 1.807) is 13.8 Å². The van der Waals surface area contributed by atoms with Gasteiger partial charge in [0.25, 0.3) is 0 Å². The summed E-state index contributed by atoms with van der Waals surface area (Å²) in [7, 11) is 0. The minimum Gasteiger partial charge on any atom is -0.233 e. The Bertz CT molecular complexity index is 635. The highest BCUT2D eigenvalue weighted by Gasteiger charge is 2.33. The molecule has 0 fully saturated rings. The lowest BCUT2D eigenvalue weighted by Crippen LogP contribution is -2.10. The van der Waals surface area contributed by atoms with Gasteiger partial charge in [-0.15, -0.1) is 0 Å². The minimum atomic E-state index is -4.35. The molecule has 0 radical (unpaired) electrons. The molecular formula is C12H10F3IN2. The van der Waals surface area contributed by atoms with Crippen LogP contribution in [0.3, 0.4) is 0 Å². The van der Waals surface area contributed by atoms with Crippen molar-refractivity contribution in [2.75, 3.05) is 0 Å². The van der Waals surface area contributed by atoms with Gasteiger partial charge in [-0.05, 0) is 60.6 Å². The molecule has 1 heterocycles. The van der Waals surface area contributed by atoms with Crippen LogP contribution in [0, 0.1) is 24.5 Å². The standard InChI is InChI=1S/C12H10F3IN2/c1-5-6(2)10-8(4-9(5)12(13,14)15)11(16)18-7(3)17-10/h4H,1-3H3. The summed E-state index contributed by atoms with van der Waals surface area (Å²) >= 11 is 1.94. The van der Waals surface area contributed by atoms with Gasteiger partial charge in [-0.2, -0.15) is 13.2 Å². The van der Waals surface area contributed by atoms with E-state index in [2.05, 4.69) is 9.97 Å². The molecule has 0 amide bonds. The van der Waals surface area contributed by atoms with Crippen LogP contribution in [-0.2, 0) is 6.18 Å². The van der Waals surface area contributed by atoms with Crippen molar-refractivity contribution in [3.05, 3.63) is 32.3 Å². The number of alkyl halides is 3. The maximum absolute atomic E-state index is 12.9. The van der Waals surface area contributed by atoms with Gasteiger partial charge in [-0.3, -0.25) is 0 Å². The van der Waals surface area contributed by atoms with Crippen molar-refractivity contribution in [3.63, 3.8) is 0 Å². The number of hydrogen-bond acceptors (Lipinski definition) is 2. The Hall–Kier alpha value is -0.920. The number of halogens is 4. The number of rotatable bonds is 0. The van der Waals surface area contributed by atoms with E-state index in [9.17, 15) is 13.2 Å². The Balaban J connectivity index is 2.93. The molecule has 0 bridgehead atoms. The highest BCUT2D eigenvalue weighted by atomic mass is 127. The molecule has 2 nitrogen and oxygen atoms in total. The average Bonchev–Trinajstić information content (AvgIpc) is 2.22. The molecule has 0 atom stereocenters. The van der Waals surface area contributed by atoms with Crippen LogP contribution in [0.5, 0.6) is 0 Å². The first-order valence-corrected chi connectivity index (χ1v) is 6.31. The number of hydrogen-bond donors (Lipinski definition) is 0. The summed E-state index contributed by atoms with van der Waals surface area (Å²) in [6, 6.07) is 1.14. The van der Waals surface area contributed by atoms with Crippen molar-refractivity contribution in [2.24, 2.45) is 0 Å². The van der Waals surface area contributed by atoms with Crippen LogP contribution >= 0.6 is 22.6 Å². The first-order valence-electron chi connectivity index (χ1n) is 5.23. The normalized spacial score (nSPS) is 12.2. The average molecular weight is 366 g/mol. The first kappa shape index (κ1) is 13.5. The first-order chi connectivity index (χ1) is 8.21. The van der Waals surface area contributed by atoms with E-state index < -0.39 is 11.7 Å². The van der Waals surface area contributed by atoms with Crippen molar-refractivity contribution < 1.29 is 13.2 Å². The summed E-state index contributed by atoms with van der Waals surface area (Å²) in [4.78, 5) is 8.34. The van der Waals surface area contributed by atoms with Crippen LogP contribution in [0.4, 0.5) is 13.2 Å². The Kier molecular flexibility index (Phi) is 3.25. The topological polar surface area (TPSA) is 25.8 Å². The van der Waals surface area contributed by atoms with Gasteiger partial charge in [0.15, 0.2) is 0 Å². The van der Waals surface area contributed by atoms with E-state index in [0.717, 1.165) is 6.07 Å². The van der Waals surface area contributed by atoms with Crippen LogP contribution < -0.4 is 0 Å². The van der Waals surface area contributed by atoms with Crippen LogP contribution in [0.1, 0.15) is 22.5 Å². The van der Waals surface area contributed by atoms with Gasteiger partial charge in [0.2, 0.25) is 0 Å². The number of nitrogens with zero attached hydrogens (tertiary/aromatic N) is 2. The molecular weight excluding hydrogens is 356 g/mol. The summed E-state index contributed by atoms with van der Waals surface area (Å²) in [6.07, 6.45) is -4.35. The molecule has 0 N–H and O–H groups in total. The van der Waals surface area contributed by atoms with E-state index >= 15 is 0 Å². The summed E-state index contributed by atoms with van der Waals surface area (Å²) < 4.78 is 39.3. The minimum absolute atomic E-state index is 0.226. The smallest absolute Gasteiger partial charge is 0.233 e. The summed E-state index contributed by atoms with van der Waals surface area (Å²) in [5.74, 6) is 0.564. The highest BCUT2D eigenvalue weighted by molar-refractivity contribution is 14.1. The number of fused-ring (bicyclic) bond motifs is 1. The zero-order valence-corrected chi connectivity index (χ0v) is 12.1. The van der Waals surface area contributed by atoms with Gasteiger partial charge in [-0.25, -0.2) is 9.97 Å². The SMILES string of the molecule is Cc1nc(I)c2cc(C(F)(F)F)c(C)c(C)c2n1. The van der Waals surface area contributed by atoms with Gasteiger partial charge in [0.1, 0.15) is 9.53 Å². The molecule has 96 valence electrons. The van der Waals surface area contributed by atoms with Gasteiger partial charge in [0.05, 0.1) is 11.1 Å². The maximum atomic E-state index is 12.9. The number of benzene rings is 1. The third-order valence-corrected chi connectivity index (χ3v) is 3.75. The molecule has 1 aromatic carbocycles. The fourth-order valence-electron chi connectivity index (χ4n) is 1.89. The van der Waals surface area contributed by atoms with Crippen LogP contribution in [0.2, 0.25) is 0 Å². The predicted molar refractivity (Wildman–Crippen MR) is 71.5 cm³/mol. The number of aryl methyl sites for hydroxylation is 2. The lowest BCUT2D eigenvalue weighted by molar-refractivity contribution is -0.138. The largest absolute Gasteiger partial charge is 0.416 e. The molecule has 0 saturated carbocycles. The molecule has 18 heavy (non-hydrogen) atoms. The number of aromatic nitrogens is 2. The third-order valence-electron chi connectivity index (χ3n) is 2.93. The molecule has 0 aliphatic carbocycles. The molecule has 2 aromatic rings. The second-order valence-electron chi connectivity index (χ2n) is 4.13. The molecule has 2 rings (SSSR count). The lowest BCUT2D eigenvalue weighted by atomic mass is 9.99. The monoisotopic (exact) mass is 366 g/mol. The zero-order valence-electron chi connectivity index (χ0n) is 9.98. The Morgan fingerprint density at radius 3 is 2.22 bits per heavy atom. The van der Waals surface area contributed by atoms with Crippen LogP contribution in [0.15, 0.2) is 6.07 Å². The quantitative estimate of drug-likeness (QED) is 0.517. The van der Waals surface area contributed by atoms with Gasteiger partial charge >= 0.3 is 6.18 Å². The second kappa shape index (κ2) is 4.32. The molecule has 0 spiro atoms. The van der Waals surface area contributed by atoms with E-state index in [1.165, 1.54) is 6.92 Å². The summed E-state index contributed by atoms with van der Waals surface area (Å²) in [5.41, 5.74) is 0.766. The Morgan fingerprint density at radius 1 is 1.06 bits per heavy atom. The maximum Gasteiger partial charge on any atom is 0.416 e. The fourth-order valence-corrected chi connectivity index (χ4v) is 2.65. The predicted octanol–water partition coefficient (Wildman–Crippen LogP) is 4.18. The Labute approximate surface area is 116 Å². The molecule has 0 unspecified atom stereocenters. The lowest BCUT2D eigenvalue weighted by Gasteiger charge is -2.15.